The molecule has 0 saturated heterocycles. The molecule has 1 aliphatic rings. The summed E-state index contributed by atoms with van der Waals surface area (Å²) >= 11 is 3.50. The number of hydrogen-bond acceptors (Lipinski definition) is 4. The molecule has 0 aliphatic heterocycles. The number of aliphatic hydroxyl groups is 1. The predicted octanol–water partition coefficient (Wildman–Crippen LogP) is 3.09. The smallest absolute Gasteiger partial charge is 0.140 e. The lowest BCUT2D eigenvalue weighted by atomic mass is 9.79. The van der Waals surface area contributed by atoms with E-state index in [4.69, 9.17) is 5.73 Å². The minimum atomic E-state index is -0.617. The summed E-state index contributed by atoms with van der Waals surface area (Å²) in [6.07, 6.45) is 5.66. The van der Waals surface area contributed by atoms with Gasteiger partial charge in [0.2, 0.25) is 0 Å². The number of nitrogens with zero attached hydrogens (tertiary/aromatic N) is 1. The number of nitrogens with two attached hydrogens (primary N) is 1. The molecule has 1 aromatic rings. The zero-order chi connectivity index (χ0) is 14.0. The lowest BCUT2D eigenvalue weighted by Crippen LogP contribution is -2.41. The molecule has 0 aromatic carbocycles. The van der Waals surface area contributed by atoms with Gasteiger partial charge in [0.25, 0.3) is 0 Å². The predicted molar refractivity (Wildman–Crippen MR) is 82.2 cm³/mol. The highest BCUT2D eigenvalue weighted by Gasteiger charge is 2.32. The fraction of sp³-hybridized carbons (Fsp3) is 0.643. The first-order chi connectivity index (χ1) is 8.91. The molecule has 1 fully saturated rings. The number of anilines is 2. The summed E-state index contributed by atoms with van der Waals surface area (Å²) in [5, 5.41) is 13.8. The standard InChI is InChI=1S/C14H22BrN3O/c1-9-4-3-5-14(19,6-9)8-18-13-12(15)10(2)11(16)7-17-13/h7,9,19H,3-6,8,16H2,1-2H3,(H,17,18). The van der Waals surface area contributed by atoms with Gasteiger partial charge in [0.05, 0.1) is 22.0 Å². The van der Waals surface area contributed by atoms with E-state index in [-0.39, 0.29) is 0 Å². The average molecular weight is 328 g/mol. The molecule has 2 atom stereocenters. The van der Waals surface area contributed by atoms with E-state index in [2.05, 4.69) is 33.2 Å². The molecule has 106 valence electrons. The molecule has 1 aromatic heterocycles. The van der Waals surface area contributed by atoms with Gasteiger partial charge in [-0.3, -0.25) is 0 Å². The van der Waals surface area contributed by atoms with E-state index in [0.29, 0.717) is 18.2 Å². The van der Waals surface area contributed by atoms with Crippen molar-refractivity contribution in [2.75, 3.05) is 17.6 Å². The third-order valence-electron chi connectivity index (χ3n) is 3.96. The summed E-state index contributed by atoms with van der Waals surface area (Å²) in [5.41, 5.74) is 6.83. The third kappa shape index (κ3) is 3.39. The monoisotopic (exact) mass is 327 g/mol. The molecule has 0 bridgehead atoms. The van der Waals surface area contributed by atoms with E-state index < -0.39 is 5.60 Å². The van der Waals surface area contributed by atoms with E-state index in [0.717, 1.165) is 35.1 Å². The Bertz CT molecular complexity index is 466. The molecule has 1 saturated carbocycles. The second kappa shape index (κ2) is 5.67. The van der Waals surface area contributed by atoms with Crippen LogP contribution < -0.4 is 11.1 Å². The SMILES string of the molecule is Cc1c(N)cnc(NCC2(O)CCCC(C)C2)c1Br. The van der Waals surface area contributed by atoms with Gasteiger partial charge in [-0.2, -0.15) is 0 Å². The number of pyridine rings is 1. The maximum absolute atomic E-state index is 10.6. The molecular formula is C14H22BrN3O. The first-order valence-electron chi connectivity index (χ1n) is 6.78. The van der Waals surface area contributed by atoms with Gasteiger partial charge >= 0.3 is 0 Å². The summed E-state index contributed by atoms with van der Waals surface area (Å²) in [6.45, 7) is 4.68. The van der Waals surface area contributed by atoms with Crippen LogP contribution in [0.25, 0.3) is 0 Å². The number of aromatic nitrogens is 1. The highest BCUT2D eigenvalue weighted by molar-refractivity contribution is 9.10. The molecule has 5 heteroatoms. The van der Waals surface area contributed by atoms with Gasteiger partial charge in [-0.05, 0) is 47.2 Å². The highest BCUT2D eigenvalue weighted by Crippen LogP contribution is 2.33. The zero-order valence-electron chi connectivity index (χ0n) is 11.5. The van der Waals surface area contributed by atoms with E-state index >= 15 is 0 Å². The molecule has 1 aliphatic carbocycles. The third-order valence-corrected chi connectivity index (χ3v) is 4.93. The molecule has 0 amide bonds. The molecule has 0 spiro atoms. The lowest BCUT2D eigenvalue weighted by molar-refractivity contribution is -0.000837. The lowest BCUT2D eigenvalue weighted by Gasteiger charge is -2.35. The van der Waals surface area contributed by atoms with Crippen molar-refractivity contribution in [2.45, 2.75) is 45.1 Å². The van der Waals surface area contributed by atoms with Crippen molar-refractivity contribution in [3.05, 3.63) is 16.2 Å². The van der Waals surface area contributed by atoms with Crippen LogP contribution in [-0.4, -0.2) is 22.2 Å². The molecule has 2 unspecified atom stereocenters. The van der Waals surface area contributed by atoms with Gasteiger partial charge in [-0.25, -0.2) is 4.98 Å². The van der Waals surface area contributed by atoms with Crippen molar-refractivity contribution >= 4 is 27.4 Å². The molecule has 2 rings (SSSR count). The molecular weight excluding hydrogens is 306 g/mol. The van der Waals surface area contributed by atoms with Crippen molar-refractivity contribution in [3.8, 4) is 0 Å². The number of halogens is 1. The topological polar surface area (TPSA) is 71.2 Å². The van der Waals surface area contributed by atoms with Crippen LogP contribution in [-0.2, 0) is 0 Å². The maximum Gasteiger partial charge on any atom is 0.140 e. The molecule has 19 heavy (non-hydrogen) atoms. The Labute approximate surface area is 122 Å². The van der Waals surface area contributed by atoms with Crippen molar-refractivity contribution in [2.24, 2.45) is 5.92 Å². The Balaban J connectivity index is 2.04. The van der Waals surface area contributed by atoms with Crippen molar-refractivity contribution in [1.29, 1.82) is 0 Å². The van der Waals surface area contributed by atoms with Crippen LogP contribution >= 0.6 is 15.9 Å². The first-order valence-corrected chi connectivity index (χ1v) is 7.57. The summed E-state index contributed by atoms with van der Waals surface area (Å²) in [6, 6.07) is 0. The quantitative estimate of drug-likeness (QED) is 0.797. The Hall–Kier alpha value is -0.810. The fourth-order valence-corrected chi connectivity index (χ4v) is 3.23. The summed E-state index contributed by atoms with van der Waals surface area (Å²) < 4.78 is 0.875. The number of rotatable bonds is 3. The second-order valence-electron chi connectivity index (χ2n) is 5.78. The first kappa shape index (κ1) is 14.6. The summed E-state index contributed by atoms with van der Waals surface area (Å²) in [4.78, 5) is 4.28. The largest absolute Gasteiger partial charge is 0.397 e. The minimum absolute atomic E-state index is 0.534. The van der Waals surface area contributed by atoms with Crippen LogP contribution in [0, 0.1) is 12.8 Å². The van der Waals surface area contributed by atoms with Gasteiger partial charge in [-0.15, -0.1) is 0 Å². The Morgan fingerprint density at radius 1 is 1.63 bits per heavy atom. The van der Waals surface area contributed by atoms with Crippen LogP contribution in [0.5, 0.6) is 0 Å². The van der Waals surface area contributed by atoms with E-state index in [1.165, 1.54) is 6.42 Å². The molecule has 1 heterocycles. The number of hydrogen-bond donors (Lipinski definition) is 3. The van der Waals surface area contributed by atoms with Crippen molar-refractivity contribution in [3.63, 3.8) is 0 Å². The van der Waals surface area contributed by atoms with Gasteiger partial charge in [0.15, 0.2) is 0 Å². The van der Waals surface area contributed by atoms with Crippen molar-refractivity contribution < 1.29 is 5.11 Å². The van der Waals surface area contributed by atoms with Gasteiger partial charge in [0.1, 0.15) is 5.82 Å². The molecule has 0 radical (unpaired) electrons. The van der Waals surface area contributed by atoms with Gasteiger partial charge < -0.3 is 16.2 Å². The van der Waals surface area contributed by atoms with Crippen LogP contribution in [0.2, 0.25) is 0 Å². The van der Waals surface area contributed by atoms with Crippen LogP contribution in [0.4, 0.5) is 11.5 Å². The Morgan fingerprint density at radius 3 is 3.05 bits per heavy atom. The maximum atomic E-state index is 10.6. The molecule has 4 nitrogen and oxygen atoms in total. The highest BCUT2D eigenvalue weighted by atomic mass is 79.9. The van der Waals surface area contributed by atoms with Gasteiger partial charge in [-0.1, -0.05) is 19.8 Å². The Morgan fingerprint density at radius 2 is 2.37 bits per heavy atom. The zero-order valence-corrected chi connectivity index (χ0v) is 13.1. The summed E-state index contributed by atoms with van der Waals surface area (Å²) in [7, 11) is 0. The Kier molecular flexibility index (Phi) is 4.36. The summed E-state index contributed by atoms with van der Waals surface area (Å²) in [5.74, 6) is 1.34. The number of nitrogen functional groups attached to an aromatic ring is 1. The van der Waals surface area contributed by atoms with Crippen LogP contribution in [0.1, 0.15) is 38.2 Å². The average Bonchev–Trinajstić information content (AvgIpc) is 2.35. The normalized spacial score (nSPS) is 27.3. The van der Waals surface area contributed by atoms with E-state index in [1.54, 1.807) is 6.20 Å². The van der Waals surface area contributed by atoms with Crippen LogP contribution in [0.15, 0.2) is 10.7 Å². The second-order valence-corrected chi connectivity index (χ2v) is 6.57. The van der Waals surface area contributed by atoms with Gasteiger partial charge in [0, 0.05) is 6.54 Å². The minimum Gasteiger partial charge on any atom is -0.397 e. The fourth-order valence-electron chi connectivity index (χ4n) is 2.76. The number of nitrogens with one attached hydrogen (secondary N) is 1. The van der Waals surface area contributed by atoms with E-state index in [9.17, 15) is 5.11 Å². The van der Waals surface area contributed by atoms with Crippen molar-refractivity contribution in [1.82, 2.24) is 4.98 Å². The molecule has 4 N–H and O–H groups in total. The van der Waals surface area contributed by atoms with E-state index in [1.807, 2.05) is 6.92 Å². The van der Waals surface area contributed by atoms with Crippen LogP contribution in [0.3, 0.4) is 0 Å².